The van der Waals surface area contributed by atoms with Crippen molar-refractivity contribution in [2.75, 3.05) is 18.1 Å². The van der Waals surface area contributed by atoms with Gasteiger partial charge in [-0.2, -0.15) is 44.5 Å². The lowest BCUT2D eigenvalue weighted by Crippen LogP contribution is -2.21. The van der Waals surface area contributed by atoms with Gasteiger partial charge in [0.15, 0.2) is 0 Å². The third kappa shape index (κ3) is 5.96. The molecule has 0 aliphatic heterocycles. The number of nitrogens with zero attached hydrogens (tertiary/aromatic N) is 2. The van der Waals surface area contributed by atoms with Crippen LogP contribution < -0.4 is 11.1 Å². The van der Waals surface area contributed by atoms with Gasteiger partial charge in [0.25, 0.3) is 0 Å². The van der Waals surface area contributed by atoms with Crippen LogP contribution in [0.2, 0.25) is 0 Å². The number of carboxylic acids is 1. The van der Waals surface area contributed by atoms with Crippen LogP contribution in [-0.4, -0.2) is 34.3 Å². The molecule has 0 amide bonds. The van der Waals surface area contributed by atoms with Crippen LogP contribution in [0, 0.1) is 0 Å². The van der Waals surface area contributed by atoms with Crippen molar-refractivity contribution in [3.8, 4) is 11.1 Å². The molecule has 0 spiro atoms. The first-order valence-electron chi connectivity index (χ1n) is 8.79. The quantitative estimate of drug-likeness (QED) is 0.397. The normalized spacial score (nSPS) is 12.2. The molecule has 1 heterocycles. The number of aliphatic carboxylic acids is 1. The van der Waals surface area contributed by atoms with Gasteiger partial charge in [-0.25, -0.2) is 9.78 Å². The molecule has 0 unspecified atom stereocenters. The number of aromatic nitrogens is 2. The van der Waals surface area contributed by atoms with Crippen molar-refractivity contribution in [2.45, 2.75) is 18.5 Å². The number of hydrogen-bond donors (Lipinski definition) is 3. The minimum Gasteiger partial charge on any atom is -0.475 e. The van der Waals surface area contributed by atoms with Gasteiger partial charge in [-0.15, -0.1) is 0 Å². The molecule has 184 valence electrons. The number of anilines is 2. The number of alkyl halides is 9. The van der Waals surface area contributed by atoms with E-state index in [-0.39, 0.29) is 17.0 Å². The second kappa shape index (κ2) is 9.23. The van der Waals surface area contributed by atoms with Gasteiger partial charge in [0.1, 0.15) is 5.82 Å². The number of fused-ring (bicyclic) bond motifs is 1. The Bertz CT molecular complexity index is 1170. The monoisotopic (exact) mass is 500 g/mol. The smallest absolute Gasteiger partial charge is 0.475 e. The van der Waals surface area contributed by atoms with Gasteiger partial charge < -0.3 is 16.2 Å². The Morgan fingerprint density at radius 1 is 0.912 bits per heavy atom. The van der Waals surface area contributed by atoms with Crippen molar-refractivity contribution in [1.82, 2.24) is 9.97 Å². The van der Waals surface area contributed by atoms with Gasteiger partial charge in [0.05, 0.1) is 16.6 Å². The molecule has 0 atom stereocenters. The second-order valence-corrected chi connectivity index (χ2v) is 6.44. The Balaban J connectivity index is 0.000000509. The molecular formula is C19H13F9N4O2. The zero-order chi connectivity index (χ0) is 26.1. The molecule has 15 heteroatoms. The van der Waals surface area contributed by atoms with Crippen molar-refractivity contribution in [2.24, 2.45) is 0 Å². The van der Waals surface area contributed by atoms with E-state index in [2.05, 4.69) is 15.3 Å². The van der Waals surface area contributed by atoms with Crippen molar-refractivity contribution in [3.05, 3.63) is 47.5 Å². The van der Waals surface area contributed by atoms with Crippen LogP contribution in [0.4, 0.5) is 51.3 Å². The number of nitrogens with one attached hydrogen (secondary N) is 1. The number of carboxylic acid groups (broad SMARTS) is 1. The first kappa shape index (κ1) is 26.5. The third-order valence-corrected chi connectivity index (χ3v) is 4.16. The van der Waals surface area contributed by atoms with Gasteiger partial charge in [-0.05, 0) is 29.8 Å². The molecular weight excluding hydrogens is 487 g/mol. The summed E-state index contributed by atoms with van der Waals surface area (Å²) < 4.78 is 112. The third-order valence-electron chi connectivity index (χ3n) is 4.16. The van der Waals surface area contributed by atoms with Gasteiger partial charge in [-0.1, -0.05) is 12.1 Å². The second-order valence-electron chi connectivity index (χ2n) is 6.44. The molecule has 6 nitrogen and oxygen atoms in total. The topological polar surface area (TPSA) is 101 Å². The summed E-state index contributed by atoms with van der Waals surface area (Å²) in [5, 5.41) is 10.3. The molecule has 34 heavy (non-hydrogen) atoms. The SMILES string of the molecule is CNc1nc(N)nc2cc(-c3c(C(F)(F)F)cccc3C(F)(F)F)ccc12.O=C(O)C(F)(F)F. The van der Waals surface area contributed by atoms with E-state index in [1.165, 1.54) is 12.1 Å². The van der Waals surface area contributed by atoms with Crippen LogP contribution >= 0.6 is 0 Å². The van der Waals surface area contributed by atoms with E-state index in [1.807, 2.05) is 0 Å². The highest BCUT2D eigenvalue weighted by Gasteiger charge is 2.41. The summed E-state index contributed by atoms with van der Waals surface area (Å²) in [4.78, 5) is 16.7. The fraction of sp³-hybridized carbons (Fsp3) is 0.211. The van der Waals surface area contributed by atoms with E-state index >= 15 is 0 Å². The lowest BCUT2D eigenvalue weighted by atomic mass is 9.93. The summed E-state index contributed by atoms with van der Waals surface area (Å²) in [5.41, 5.74) is 1.69. The Morgan fingerprint density at radius 2 is 1.41 bits per heavy atom. The molecule has 4 N–H and O–H groups in total. The summed E-state index contributed by atoms with van der Waals surface area (Å²) in [6.07, 6.45) is -15.0. The average Bonchev–Trinajstić information content (AvgIpc) is 2.70. The van der Waals surface area contributed by atoms with E-state index < -0.39 is 41.2 Å². The highest BCUT2D eigenvalue weighted by molar-refractivity contribution is 5.93. The molecule has 3 aromatic rings. The first-order chi connectivity index (χ1) is 15.5. The van der Waals surface area contributed by atoms with Crippen LogP contribution in [-0.2, 0) is 17.1 Å². The van der Waals surface area contributed by atoms with Crippen molar-refractivity contribution in [3.63, 3.8) is 0 Å². The van der Waals surface area contributed by atoms with Crippen LogP contribution in [0.25, 0.3) is 22.0 Å². The van der Waals surface area contributed by atoms with Crippen molar-refractivity contribution in [1.29, 1.82) is 0 Å². The number of hydrogen-bond acceptors (Lipinski definition) is 5. The maximum Gasteiger partial charge on any atom is 0.490 e. The molecule has 0 aliphatic rings. The van der Waals surface area contributed by atoms with E-state index in [0.717, 1.165) is 12.1 Å². The number of carbonyl (C=O) groups is 1. The van der Waals surface area contributed by atoms with E-state index in [1.54, 1.807) is 7.05 Å². The molecule has 0 saturated heterocycles. The summed E-state index contributed by atoms with van der Waals surface area (Å²) in [6.45, 7) is 0. The van der Waals surface area contributed by atoms with Crippen LogP contribution in [0.1, 0.15) is 11.1 Å². The predicted molar refractivity (Wildman–Crippen MR) is 103 cm³/mol. The van der Waals surface area contributed by atoms with Crippen LogP contribution in [0.15, 0.2) is 36.4 Å². The molecule has 0 bridgehead atoms. The van der Waals surface area contributed by atoms with Crippen LogP contribution in [0.3, 0.4) is 0 Å². The highest BCUT2D eigenvalue weighted by atomic mass is 19.4. The molecule has 0 fully saturated rings. The lowest BCUT2D eigenvalue weighted by Gasteiger charge is -2.19. The number of nitrogen functional groups attached to an aromatic ring is 1. The fourth-order valence-electron chi connectivity index (χ4n) is 2.83. The minimum absolute atomic E-state index is 0.120. The van der Waals surface area contributed by atoms with Gasteiger partial charge in [0, 0.05) is 18.0 Å². The van der Waals surface area contributed by atoms with Crippen molar-refractivity contribution < 1.29 is 49.4 Å². The largest absolute Gasteiger partial charge is 0.490 e. The summed E-state index contributed by atoms with van der Waals surface area (Å²) >= 11 is 0. The average molecular weight is 500 g/mol. The Hall–Kier alpha value is -3.78. The zero-order valence-electron chi connectivity index (χ0n) is 16.7. The molecule has 1 aromatic heterocycles. The van der Waals surface area contributed by atoms with Crippen molar-refractivity contribution >= 4 is 28.6 Å². The van der Waals surface area contributed by atoms with Gasteiger partial charge in [0.2, 0.25) is 5.95 Å². The molecule has 2 aromatic carbocycles. The maximum absolute atomic E-state index is 13.4. The number of nitrogens with two attached hydrogens (primary N) is 1. The predicted octanol–water partition coefficient (Wildman–Crippen LogP) is 5.59. The number of benzene rings is 2. The van der Waals surface area contributed by atoms with E-state index in [0.29, 0.717) is 23.3 Å². The molecule has 0 saturated carbocycles. The van der Waals surface area contributed by atoms with Gasteiger partial charge >= 0.3 is 24.5 Å². The highest BCUT2D eigenvalue weighted by Crippen LogP contribution is 2.45. The summed E-state index contributed by atoms with van der Waals surface area (Å²) in [7, 11) is 1.55. The van der Waals surface area contributed by atoms with Gasteiger partial charge in [-0.3, -0.25) is 0 Å². The zero-order valence-corrected chi connectivity index (χ0v) is 16.7. The number of halogens is 9. The van der Waals surface area contributed by atoms with Crippen LogP contribution in [0.5, 0.6) is 0 Å². The standard InChI is InChI=1S/C17H12F6N4.C2HF3O2/c1-25-14-9-6-5-8(7-12(9)26-15(24)27-14)13-10(16(18,19)20)3-2-4-11(13)17(21,22)23;3-2(4,5)1(6)7/h2-7H,1H3,(H3,24,25,26,27);(H,6,7). The minimum atomic E-state index is -5.08. The van der Waals surface area contributed by atoms with E-state index in [4.69, 9.17) is 15.6 Å². The Morgan fingerprint density at radius 3 is 1.82 bits per heavy atom. The summed E-state index contributed by atoms with van der Waals surface area (Å²) in [6, 6.07) is 5.61. The fourth-order valence-corrected chi connectivity index (χ4v) is 2.83. The molecule has 3 rings (SSSR count). The first-order valence-corrected chi connectivity index (χ1v) is 8.79. The number of rotatable bonds is 2. The summed E-state index contributed by atoms with van der Waals surface area (Å²) in [5.74, 6) is -2.61. The molecule has 0 radical (unpaired) electrons. The Kier molecular flexibility index (Phi) is 7.18. The van der Waals surface area contributed by atoms with E-state index in [9.17, 15) is 39.5 Å². The Labute approximate surface area is 184 Å². The molecule has 0 aliphatic carbocycles. The maximum atomic E-state index is 13.4. The lowest BCUT2D eigenvalue weighted by molar-refractivity contribution is -0.192.